The van der Waals surface area contributed by atoms with Crippen LogP contribution in [0.3, 0.4) is 0 Å². The molecule has 0 saturated heterocycles. The summed E-state index contributed by atoms with van der Waals surface area (Å²) >= 11 is 4.00. The number of rotatable bonds is 4. The zero-order chi connectivity index (χ0) is 9.56. The average Bonchev–Trinajstić information content (AvgIpc) is 2.04. The smallest absolute Gasteiger partial charge is 0.374 e. The Labute approximate surface area is 79.7 Å². The Hall–Kier alpha value is -0.170. The Morgan fingerprint density at radius 1 is 1.75 bits per heavy atom. The van der Waals surface area contributed by atoms with E-state index in [-0.39, 0.29) is 0 Å². The number of amides is 2. The highest BCUT2D eigenvalue weighted by Crippen LogP contribution is 1.93. The molecule has 0 rings (SSSR count). The highest BCUT2D eigenvalue weighted by atomic mass is 35.5. The number of hydrogen-bond donors (Lipinski definition) is 2. The molecule has 0 aromatic rings. The van der Waals surface area contributed by atoms with Gasteiger partial charge in [-0.15, -0.1) is 11.6 Å². The van der Waals surface area contributed by atoms with Gasteiger partial charge in [-0.25, -0.2) is 4.79 Å². The van der Waals surface area contributed by atoms with Crippen molar-refractivity contribution in [1.29, 1.82) is 0 Å². The van der Waals surface area contributed by atoms with Gasteiger partial charge in [0.15, 0.2) is 0 Å². The lowest BCUT2D eigenvalue weighted by atomic mass is 10.8. The monoisotopic (exact) mass is 213 g/mol. The number of hydrogen-bond acceptors (Lipinski definition) is 3. The minimum absolute atomic E-state index is 0.352. The molecule has 2 N–H and O–H groups in total. The first-order valence-corrected chi connectivity index (χ1v) is 5.33. The molecule has 0 bridgehead atoms. The Balaban J connectivity index is 3.95. The van der Waals surface area contributed by atoms with Crippen molar-refractivity contribution in [3.8, 4) is 0 Å². The Kier molecular flexibility index (Phi) is 6.27. The van der Waals surface area contributed by atoms with Gasteiger partial charge in [0, 0.05) is 19.5 Å². The summed E-state index contributed by atoms with van der Waals surface area (Å²) in [4.78, 5) is 11.0. The SMILES string of the molecule is CNC(=O)N(NCCCl)[S+](C)[O-]. The third-order valence-electron chi connectivity index (χ3n) is 1.01. The van der Waals surface area contributed by atoms with E-state index >= 15 is 0 Å². The summed E-state index contributed by atoms with van der Waals surface area (Å²) in [5, 5.41) is 2.34. The second kappa shape index (κ2) is 6.36. The molecule has 1 atom stereocenters. The number of alkyl halides is 1. The normalized spacial score (nSPS) is 12.3. The van der Waals surface area contributed by atoms with E-state index < -0.39 is 17.4 Å². The van der Waals surface area contributed by atoms with E-state index in [1.54, 1.807) is 0 Å². The fourth-order valence-electron chi connectivity index (χ4n) is 0.525. The van der Waals surface area contributed by atoms with Gasteiger partial charge in [-0.05, 0) is 0 Å². The van der Waals surface area contributed by atoms with Crippen LogP contribution in [0, 0.1) is 0 Å². The molecule has 1 unspecified atom stereocenters. The minimum Gasteiger partial charge on any atom is -0.592 e. The quantitative estimate of drug-likeness (QED) is 0.382. The first kappa shape index (κ1) is 11.8. The molecule has 0 aliphatic heterocycles. The van der Waals surface area contributed by atoms with Crippen LogP contribution >= 0.6 is 11.6 Å². The second-order valence-electron chi connectivity index (χ2n) is 1.87. The van der Waals surface area contributed by atoms with Crippen molar-refractivity contribution in [3.63, 3.8) is 0 Å². The summed E-state index contributed by atoms with van der Waals surface area (Å²) in [7, 11) is 1.46. The summed E-state index contributed by atoms with van der Waals surface area (Å²) in [6, 6.07) is -0.444. The molecule has 7 heteroatoms. The molecule has 12 heavy (non-hydrogen) atoms. The number of nitrogens with one attached hydrogen (secondary N) is 2. The van der Waals surface area contributed by atoms with Gasteiger partial charge in [-0.2, -0.15) is 5.43 Å². The third kappa shape index (κ3) is 4.01. The van der Waals surface area contributed by atoms with Crippen LogP contribution in [0.4, 0.5) is 4.79 Å². The highest BCUT2D eigenvalue weighted by molar-refractivity contribution is 7.88. The maximum atomic E-state index is 11.0. The van der Waals surface area contributed by atoms with Crippen LogP contribution in [0.25, 0.3) is 0 Å². The summed E-state index contributed by atoms with van der Waals surface area (Å²) in [6.45, 7) is 0.397. The van der Waals surface area contributed by atoms with Gasteiger partial charge in [0.1, 0.15) is 6.26 Å². The summed E-state index contributed by atoms with van der Waals surface area (Å²) in [6.07, 6.45) is 1.40. The molecule has 0 saturated carbocycles. The molecule has 0 aromatic heterocycles. The molecule has 0 aliphatic carbocycles. The van der Waals surface area contributed by atoms with Crippen LogP contribution < -0.4 is 10.7 Å². The van der Waals surface area contributed by atoms with Crippen LogP contribution in [0.2, 0.25) is 0 Å². The van der Waals surface area contributed by atoms with Gasteiger partial charge < -0.3 is 9.87 Å². The van der Waals surface area contributed by atoms with Gasteiger partial charge in [-0.1, -0.05) is 4.41 Å². The van der Waals surface area contributed by atoms with Crippen LogP contribution in [0.5, 0.6) is 0 Å². The fraction of sp³-hybridized carbons (Fsp3) is 0.800. The zero-order valence-electron chi connectivity index (χ0n) is 6.96. The van der Waals surface area contributed by atoms with Crippen molar-refractivity contribution in [2.24, 2.45) is 0 Å². The number of urea groups is 1. The lowest BCUT2D eigenvalue weighted by Crippen LogP contribution is -2.50. The van der Waals surface area contributed by atoms with Crippen LogP contribution in [-0.2, 0) is 11.4 Å². The van der Waals surface area contributed by atoms with E-state index in [4.69, 9.17) is 11.6 Å². The van der Waals surface area contributed by atoms with E-state index in [0.29, 0.717) is 12.4 Å². The molecule has 0 spiro atoms. The predicted octanol–water partition coefficient (Wildman–Crippen LogP) is -0.335. The molecule has 72 valence electrons. The molecule has 2 amide bonds. The first-order valence-electron chi connectivity index (χ1n) is 3.28. The molecule has 0 heterocycles. The van der Waals surface area contributed by atoms with Crippen molar-refractivity contribution >= 4 is 29.0 Å². The lowest BCUT2D eigenvalue weighted by Gasteiger charge is -2.20. The highest BCUT2D eigenvalue weighted by Gasteiger charge is 2.19. The molecule has 0 aromatic carbocycles. The zero-order valence-corrected chi connectivity index (χ0v) is 8.54. The maximum absolute atomic E-state index is 11.0. The van der Waals surface area contributed by atoms with Gasteiger partial charge in [0.25, 0.3) is 0 Å². The average molecular weight is 214 g/mol. The number of carbonyl (C=O) groups is 1. The van der Waals surface area contributed by atoms with E-state index in [0.717, 1.165) is 4.41 Å². The molecule has 5 nitrogen and oxygen atoms in total. The van der Waals surface area contributed by atoms with Gasteiger partial charge in [0.2, 0.25) is 0 Å². The molecule has 0 aliphatic rings. The van der Waals surface area contributed by atoms with Gasteiger partial charge in [0.05, 0.1) is 11.4 Å². The van der Waals surface area contributed by atoms with E-state index in [1.807, 2.05) is 0 Å². The van der Waals surface area contributed by atoms with Gasteiger partial charge in [-0.3, -0.25) is 0 Å². The summed E-state index contributed by atoms with van der Waals surface area (Å²) in [5.41, 5.74) is 2.61. The van der Waals surface area contributed by atoms with Crippen molar-refractivity contribution in [3.05, 3.63) is 0 Å². The van der Waals surface area contributed by atoms with Crippen molar-refractivity contribution in [2.45, 2.75) is 0 Å². The van der Waals surface area contributed by atoms with Crippen molar-refractivity contribution in [2.75, 3.05) is 25.7 Å². The van der Waals surface area contributed by atoms with Crippen LogP contribution in [0.15, 0.2) is 0 Å². The van der Waals surface area contributed by atoms with E-state index in [1.165, 1.54) is 13.3 Å². The number of carbonyl (C=O) groups excluding carboxylic acids is 1. The van der Waals surface area contributed by atoms with Crippen molar-refractivity contribution < 1.29 is 9.35 Å². The Morgan fingerprint density at radius 2 is 2.33 bits per heavy atom. The van der Waals surface area contributed by atoms with E-state index in [9.17, 15) is 9.35 Å². The number of hydrazine groups is 1. The molecular formula is C5H12ClN3O2S. The van der Waals surface area contributed by atoms with Crippen molar-refractivity contribution in [1.82, 2.24) is 15.2 Å². The largest absolute Gasteiger partial charge is 0.592 e. The molecule has 0 fully saturated rings. The van der Waals surface area contributed by atoms with Crippen LogP contribution in [-0.4, -0.2) is 40.7 Å². The Bertz CT molecular complexity index is 147. The van der Waals surface area contributed by atoms with Gasteiger partial charge >= 0.3 is 6.03 Å². The lowest BCUT2D eigenvalue weighted by molar-refractivity contribution is 0.213. The Morgan fingerprint density at radius 3 is 2.67 bits per heavy atom. The second-order valence-corrected chi connectivity index (χ2v) is 3.46. The number of halogens is 1. The van der Waals surface area contributed by atoms with E-state index in [2.05, 4.69) is 10.7 Å². The standard InChI is InChI=1S/C5H12ClN3O2S/c1-7-5(10)9(12(2)11)8-4-3-6/h8H,3-4H2,1-2H3,(H,7,10). The molecule has 0 radical (unpaired) electrons. The summed E-state index contributed by atoms with van der Waals surface area (Å²) < 4.78 is 11.9. The topological polar surface area (TPSA) is 67.4 Å². The predicted molar refractivity (Wildman–Crippen MR) is 49.1 cm³/mol. The third-order valence-corrected chi connectivity index (χ3v) is 2.00. The first-order chi connectivity index (χ1) is 5.63. The molecular weight excluding hydrogens is 202 g/mol. The number of nitrogens with zero attached hydrogens (tertiary/aromatic N) is 1. The van der Waals surface area contributed by atoms with Crippen LogP contribution in [0.1, 0.15) is 0 Å². The fourth-order valence-corrected chi connectivity index (χ4v) is 1.21. The minimum atomic E-state index is -1.38. The maximum Gasteiger partial charge on any atom is 0.374 e. The summed E-state index contributed by atoms with van der Waals surface area (Å²) in [5.74, 6) is 0.352.